The lowest BCUT2D eigenvalue weighted by Crippen LogP contribution is -2.53. The van der Waals surface area contributed by atoms with Crippen LogP contribution in [-0.4, -0.2) is 26.5 Å². The van der Waals surface area contributed by atoms with E-state index in [0.717, 1.165) is 0 Å². The first-order chi connectivity index (χ1) is 7.25. The summed E-state index contributed by atoms with van der Waals surface area (Å²) in [5, 5.41) is 31.2. The van der Waals surface area contributed by atoms with Crippen molar-refractivity contribution in [1.82, 2.24) is 0 Å². The second kappa shape index (κ2) is 4.95. The quantitative estimate of drug-likeness (QED) is 0.339. The topological polar surface area (TPSA) is 173 Å². The molecule has 90 valence electrons. The number of nitro groups is 3. The molecular formula is C5H8N4O7. The van der Waals surface area contributed by atoms with Gasteiger partial charge in [-0.1, -0.05) is 0 Å². The monoisotopic (exact) mass is 236 g/mol. The summed E-state index contributed by atoms with van der Waals surface area (Å²) in [5.41, 5.74) is 4.70. The maximum Gasteiger partial charge on any atom is 0.699 e. The number of primary amides is 1. The summed E-state index contributed by atoms with van der Waals surface area (Å²) >= 11 is 0. The van der Waals surface area contributed by atoms with Crippen LogP contribution in [0.5, 0.6) is 0 Å². The van der Waals surface area contributed by atoms with E-state index in [1.807, 2.05) is 0 Å². The lowest BCUT2D eigenvalue weighted by atomic mass is 10.1. The van der Waals surface area contributed by atoms with Gasteiger partial charge < -0.3 is 5.73 Å². The number of amides is 1. The number of hydrogen-bond donors (Lipinski definition) is 1. The first-order valence-corrected chi connectivity index (χ1v) is 3.97. The minimum Gasteiger partial charge on any atom is -0.370 e. The van der Waals surface area contributed by atoms with E-state index >= 15 is 0 Å². The van der Waals surface area contributed by atoms with Gasteiger partial charge in [-0.3, -0.25) is 35.1 Å². The molecule has 2 N–H and O–H groups in total. The molecule has 1 amide bonds. The fourth-order valence-electron chi connectivity index (χ4n) is 0.974. The second-order valence-electron chi connectivity index (χ2n) is 2.87. The molecule has 0 bridgehead atoms. The lowest BCUT2D eigenvalue weighted by Gasteiger charge is -2.07. The zero-order valence-corrected chi connectivity index (χ0v) is 7.90. The molecule has 0 aliphatic heterocycles. The van der Waals surface area contributed by atoms with Crippen LogP contribution < -0.4 is 5.73 Å². The molecule has 0 aliphatic rings. The Balaban J connectivity index is 4.92. The molecule has 11 heteroatoms. The van der Waals surface area contributed by atoms with Crippen LogP contribution in [0, 0.1) is 30.3 Å². The van der Waals surface area contributed by atoms with Gasteiger partial charge in [0.15, 0.2) is 21.2 Å². The Morgan fingerprint density at radius 3 is 1.69 bits per heavy atom. The summed E-state index contributed by atoms with van der Waals surface area (Å²) in [6, 6.07) is 0. The van der Waals surface area contributed by atoms with E-state index in [0.29, 0.717) is 0 Å². The van der Waals surface area contributed by atoms with Crippen molar-refractivity contribution >= 4 is 5.91 Å². The highest BCUT2D eigenvalue weighted by molar-refractivity contribution is 5.73. The summed E-state index contributed by atoms with van der Waals surface area (Å²) in [6.07, 6.45) is -1.79. The zero-order chi connectivity index (χ0) is 12.9. The number of nitrogens with two attached hydrogens (primary N) is 1. The molecule has 0 atom stereocenters. The standard InChI is InChI=1S/C5H8N4O7/c6-4(10)2-1-3-5(7(11)12,8(13)14)9(15)16/h1-3H2,(H2,6,10). The van der Waals surface area contributed by atoms with Crippen LogP contribution in [0.2, 0.25) is 0 Å². The average molecular weight is 236 g/mol. The molecule has 0 radical (unpaired) electrons. The third kappa shape index (κ3) is 2.59. The van der Waals surface area contributed by atoms with Crippen molar-refractivity contribution in [3.05, 3.63) is 30.3 Å². The summed E-state index contributed by atoms with van der Waals surface area (Å²) in [7, 11) is 0. The smallest absolute Gasteiger partial charge is 0.370 e. The van der Waals surface area contributed by atoms with Crippen molar-refractivity contribution in [2.45, 2.75) is 25.0 Å². The van der Waals surface area contributed by atoms with E-state index in [4.69, 9.17) is 5.73 Å². The highest BCUT2D eigenvalue weighted by atomic mass is 16.7. The Morgan fingerprint density at radius 1 is 1.06 bits per heavy atom. The van der Waals surface area contributed by atoms with Crippen LogP contribution in [-0.2, 0) is 4.79 Å². The molecule has 11 nitrogen and oxygen atoms in total. The van der Waals surface area contributed by atoms with Crippen molar-refractivity contribution in [3.8, 4) is 0 Å². The molecular weight excluding hydrogens is 228 g/mol. The van der Waals surface area contributed by atoms with Crippen molar-refractivity contribution in [2.75, 3.05) is 0 Å². The van der Waals surface area contributed by atoms with Gasteiger partial charge in [0.2, 0.25) is 5.91 Å². The molecule has 16 heavy (non-hydrogen) atoms. The van der Waals surface area contributed by atoms with Gasteiger partial charge in [-0.05, 0) is 6.42 Å². The van der Waals surface area contributed by atoms with Crippen molar-refractivity contribution < 1.29 is 19.6 Å². The summed E-state index contributed by atoms with van der Waals surface area (Å²) in [4.78, 5) is 36.7. The fraction of sp³-hybridized carbons (Fsp3) is 0.800. The Kier molecular flexibility index (Phi) is 4.23. The predicted octanol–water partition coefficient (Wildman–Crippen LogP) is -0.874. The molecule has 0 saturated heterocycles. The van der Waals surface area contributed by atoms with Gasteiger partial charge in [0.05, 0.1) is 0 Å². The van der Waals surface area contributed by atoms with Gasteiger partial charge in [0.25, 0.3) is 0 Å². The minimum absolute atomic E-state index is 0.392. The lowest BCUT2D eigenvalue weighted by molar-refractivity contribution is -0.970. The Hall–Kier alpha value is -2.33. The van der Waals surface area contributed by atoms with Crippen LogP contribution in [0.15, 0.2) is 0 Å². The highest BCUT2D eigenvalue weighted by Crippen LogP contribution is 2.20. The van der Waals surface area contributed by atoms with Gasteiger partial charge in [-0.2, -0.15) is 0 Å². The maximum atomic E-state index is 10.4. The van der Waals surface area contributed by atoms with E-state index < -0.39 is 45.7 Å². The normalized spacial score (nSPS) is 10.8. The number of carbonyl (C=O) groups is 1. The van der Waals surface area contributed by atoms with E-state index in [1.165, 1.54) is 0 Å². The summed E-state index contributed by atoms with van der Waals surface area (Å²) in [6.45, 7) is 0. The fourth-order valence-corrected chi connectivity index (χ4v) is 0.974. The van der Waals surface area contributed by atoms with Crippen molar-refractivity contribution in [2.24, 2.45) is 5.73 Å². The van der Waals surface area contributed by atoms with Crippen LogP contribution >= 0.6 is 0 Å². The number of carbonyl (C=O) groups excluding carboxylic acids is 1. The van der Waals surface area contributed by atoms with E-state index in [-0.39, 0.29) is 0 Å². The Morgan fingerprint density at radius 2 is 1.44 bits per heavy atom. The van der Waals surface area contributed by atoms with Crippen molar-refractivity contribution in [1.29, 1.82) is 0 Å². The Labute approximate surface area is 87.7 Å². The average Bonchev–Trinajstić information content (AvgIpc) is 2.09. The van der Waals surface area contributed by atoms with Crippen LogP contribution in [0.25, 0.3) is 0 Å². The van der Waals surface area contributed by atoms with Crippen LogP contribution in [0.4, 0.5) is 0 Å². The second-order valence-corrected chi connectivity index (χ2v) is 2.87. The molecule has 0 aromatic carbocycles. The van der Waals surface area contributed by atoms with E-state index in [2.05, 4.69) is 0 Å². The highest BCUT2D eigenvalue weighted by Gasteiger charge is 2.69. The molecule has 0 saturated carbocycles. The zero-order valence-electron chi connectivity index (χ0n) is 7.90. The number of rotatable bonds is 7. The first-order valence-electron chi connectivity index (χ1n) is 3.97. The third-order valence-corrected chi connectivity index (χ3v) is 1.81. The SMILES string of the molecule is NC(=O)CCCC([N+](=O)[O-])([N+](=O)[O-])[N+](=O)[O-]. The molecule has 0 unspecified atom stereocenters. The predicted molar refractivity (Wildman–Crippen MR) is 46.8 cm³/mol. The van der Waals surface area contributed by atoms with Gasteiger partial charge in [-0.15, -0.1) is 0 Å². The number of hydrogen-bond acceptors (Lipinski definition) is 7. The van der Waals surface area contributed by atoms with E-state index in [1.54, 1.807) is 0 Å². The number of nitrogens with zero attached hydrogens (tertiary/aromatic N) is 3. The van der Waals surface area contributed by atoms with Crippen LogP contribution in [0.1, 0.15) is 19.3 Å². The van der Waals surface area contributed by atoms with Gasteiger partial charge in [0.1, 0.15) is 0 Å². The molecule has 0 fully saturated rings. The van der Waals surface area contributed by atoms with E-state index in [9.17, 15) is 35.1 Å². The van der Waals surface area contributed by atoms with Gasteiger partial charge in [0, 0.05) is 6.42 Å². The van der Waals surface area contributed by atoms with Crippen molar-refractivity contribution in [3.63, 3.8) is 0 Å². The minimum atomic E-state index is -3.50. The van der Waals surface area contributed by atoms with Gasteiger partial charge >= 0.3 is 5.79 Å². The first kappa shape index (κ1) is 13.7. The molecule has 0 aromatic rings. The molecule has 0 spiro atoms. The molecule has 0 heterocycles. The molecule has 0 aromatic heterocycles. The third-order valence-electron chi connectivity index (χ3n) is 1.81. The largest absolute Gasteiger partial charge is 0.699 e. The molecule has 0 aliphatic carbocycles. The Bertz CT molecular complexity index is 304. The maximum absolute atomic E-state index is 10.4. The van der Waals surface area contributed by atoms with Crippen LogP contribution in [0.3, 0.4) is 0 Å². The van der Waals surface area contributed by atoms with Gasteiger partial charge in [-0.25, -0.2) is 0 Å². The summed E-state index contributed by atoms with van der Waals surface area (Å²) in [5.74, 6) is -4.35. The summed E-state index contributed by atoms with van der Waals surface area (Å²) < 4.78 is 0. The molecule has 0 rings (SSSR count).